The van der Waals surface area contributed by atoms with E-state index in [0.717, 1.165) is 11.1 Å². The Morgan fingerprint density at radius 3 is 2.88 bits per heavy atom. The van der Waals surface area contributed by atoms with Gasteiger partial charge in [0.25, 0.3) is 0 Å². The van der Waals surface area contributed by atoms with Crippen LogP contribution in [0.1, 0.15) is 37.3 Å². The normalized spacial score (nSPS) is 18.8. The summed E-state index contributed by atoms with van der Waals surface area (Å²) in [5.41, 5.74) is 2.20. The van der Waals surface area contributed by atoms with Crippen LogP contribution < -0.4 is 0 Å². The zero-order valence-electron chi connectivity index (χ0n) is 10.1. The summed E-state index contributed by atoms with van der Waals surface area (Å²) in [6, 6.07) is 7.66. The third-order valence-corrected chi connectivity index (χ3v) is 3.03. The Labute approximate surface area is 101 Å². The van der Waals surface area contributed by atoms with E-state index in [1.807, 2.05) is 31.2 Å². The quantitative estimate of drug-likeness (QED) is 0.797. The van der Waals surface area contributed by atoms with Gasteiger partial charge in [0, 0.05) is 6.42 Å². The molecule has 3 heteroatoms. The van der Waals surface area contributed by atoms with Crippen LogP contribution in [0.2, 0.25) is 0 Å². The van der Waals surface area contributed by atoms with E-state index in [-0.39, 0.29) is 11.7 Å². The number of rotatable bonds is 2. The first-order valence-corrected chi connectivity index (χ1v) is 5.83. The lowest BCUT2D eigenvalue weighted by atomic mass is 9.83. The predicted molar refractivity (Wildman–Crippen MR) is 65.7 cm³/mol. The lowest BCUT2D eigenvalue weighted by Crippen LogP contribution is -2.16. The molecule has 0 saturated heterocycles. The first-order chi connectivity index (χ1) is 8.15. The number of aliphatic hydroxyl groups is 1. The maximum absolute atomic E-state index is 11.8. The molecule has 2 rings (SSSR count). The van der Waals surface area contributed by atoms with Gasteiger partial charge in [-0.2, -0.15) is 0 Å². The Morgan fingerprint density at radius 1 is 1.47 bits per heavy atom. The van der Waals surface area contributed by atoms with Crippen molar-refractivity contribution in [3.63, 3.8) is 0 Å². The Morgan fingerprint density at radius 2 is 2.18 bits per heavy atom. The number of esters is 1. The second kappa shape index (κ2) is 4.62. The van der Waals surface area contributed by atoms with E-state index in [1.165, 1.54) is 0 Å². The number of carbonyl (C=O) groups is 1. The Bertz CT molecular complexity index is 474. The van der Waals surface area contributed by atoms with Gasteiger partial charge in [-0.05, 0) is 24.0 Å². The average molecular weight is 232 g/mol. The zero-order valence-corrected chi connectivity index (χ0v) is 10.1. The Balaban J connectivity index is 2.50. The molecule has 0 aromatic heterocycles. The highest BCUT2D eigenvalue weighted by Crippen LogP contribution is 2.37. The van der Waals surface area contributed by atoms with Crippen molar-refractivity contribution in [2.45, 2.75) is 26.2 Å². The van der Waals surface area contributed by atoms with E-state index in [9.17, 15) is 9.90 Å². The first-order valence-electron chi connectivity index (χ1n) is 5.83. The van der Waals surface area contributed by atoms with Gasteiger partial charge in [-0.25, -0.2) is 4.79 Å². The zero-order chi connectivity index (χ0) is 12.4. The summed E-state index contributed by atoms with van der Waals surface area (Å²) in [7, 11) is 0. The summed E-state index contributed by atoms with van der Waals surface area (Å²) in [5.74, 6) is -0.0802. The second-order valence-corrected chi connectivity index (χ2v) is 4.23. The molecule has 0 bridgehead atoms. The lowest BCUT2D eigenvalue weighted by Gasteiger charge is -2.23. The predicted octanol–water partition coefficient (Wildman–Crippen LogP) is 3.03. The van der Waals surface area contributed by atoms with Crippen LogP contribution in [-0.4, -0.2) is 17.7 Å². The fraction of sp³-hybridized carbons (Fsp3) is 0.357. The largest absolute Gasteiger partial charge is 0.511 e. The van der Waals surface area contributed by atoms with Crippen LogP contribution in [0.15, 0.2) is 30.0 Å². The molecule has 0 radical (unpaired) electrons. The van der Waals surface area contributed by atoms with Crippen LogP contribution in [0.5, 0.6) is 0 Å². The number of fused-ring (bicyclic) bond motifs is 1. The molecule has 0 amide bonds. The van der Waals surface area contributed by atoms with E-state index in [2.05, 4.69) is 0 Å². The number of aliphatic hydroxyl groups excluding tert-OH is 1. The molecular weight excluding hydrogens is 216 g/mol. The van der Waals surface area contributed by atoms with Crippen LogP contribution in [-0.2, 0) is 9.53 Å². The number of hydrogen-bond acceptors (Lipinski definition) is 3. The third-order valence-electron chi connectivity index (χ3n) is 3.03. The molecule has 1 atom stereocenters. The van der Waals surface area contributed by atoms with Gasteiger partial charge in [-0.3, -0.25) is 0 Å². The van der Waals surface area contributed by atoms with Crippen molar-refractivity contribution in [2.24, 2.45) is 0 Å². The second-order valence-electron chi connectivity index (χ2n) is 4.23. The van der Waals surface area contributed by atoms with Crippen molar-refractivity contribution in [2.75, 3.05) is 6.61 Å². The van der Waals surface area contributed by atoms with Crippen LogP contribution in [0.25, 0.3) is 5.57 Å². The third kappa shape index (κ3) is 2.05. The number of ether oxygens (including phenoxy) is 1. The number of hydrogen-bond donors (Lipinski definition) is 1. The summed E-state index contributed by atoms with van der Waals surface area (Å²) in [4.78, 5) is 11.8. The smallest absolute Gasteiger partial charge is 0.342 e. The van der Waals surface area contributed by atoms with Crippen LogP contribution in [0.3, 0.4) is 0 Å². The fourth-order valence-corrected chi connectivity index (χ4v) is 2.24. The summed E-state index contributed by atoms with van der Waals surface area (Å²) >= 11 is 0. The van der Waals surface area contributed by atoms with Crippen molar-refractivity contribution in [1.29, 1.82) is 0 Å². The maximum Gasteiger partial charge on any atom is 0.342 e. The van der Waals surface area contributed by atoms with Gasteiger partial charge in [0.2, 0.25) is 0 Å². The Hall–Kier alpha value is -1.77. The van der Waals surface area contributed by atoms with Crippen molar-refractivity contribution < 1.29 is 14.6 Å². The molecule has 1 unspecified atom stereocenters. The standard InChI is InChI=1S/C14H16O3/c1-3-17-14(16)13-11-7-5-4-6-10(11)9(2)8-12(13)15/h4-7,9,15H,3,8H2,1-2H3. The summed E-state index contributed by atoms with van der Waals surface area (Å²) < 4.78 is 4.99. The van der Waals surface area contributed by atoms with Gasteiger partial charge in [0.1, 0.15) is 11.3 Å². The highest BCUT2D eigenvalue weighted by Gasteiger charge is 2.28. The molecule has 0 aliphatic heterocycles. The monoisotopic (exact) mass is 232 g/mol. The van der Waals surface area contributed by atoms with E-state index < -0.39 is 5.97 Å². The lowest BCUT2D eigenvalue weighted by molar-refractivity contribution is -0.136. The van der Waals surface area contributed by atoms with E-state index in [4.69, 9.17) is 4.74 Å². The molecule has 1 N–H and O–H groups in total. The van der Waals surface area contributed by atoms with Crippen LogP contribution in [0, 0.1) is 0 Å². The summed E-state index contributed by atoms with van der Waals surface area (Å²) in [6.45, 7) is 4.11. The minimum atomic E-state index is -0.440. The topological polar surface area (TPSA) is 46.5 Å². The first kappa shape index (κ1) is 11.7. The van der Waals surface area contributed by atoms with Gasteiger partial charge >= 0.3 is 5.97 Å². The molecule has 0 heterocycles. The SMILES string of the molecule is CCOC(=O)C1=C(O)CC(C)c2ccccc21. The Kier molecular flexibility index (Phi) is 3.18. The molecule has 1 aromatic rings. The van der Waals surface area contributed by atoms with Crippen molar-refractivity contribution in [3.8, 4) is 0 Å². The minimum absolute atomic E-state index is 0.134. The molecule has 1 aliphatic rings. The maximum atomic E-state index is 11.8. The van der Waals surface area contributed by atoms with Crippen LogP contribution in [0.4, 0.5) is 0 Å². The molecular formula is C14H16O3. The number of allylic oxidation sites excluding steroid dienone is 1. The summed E-state index contributed by atoms with van der Waals surface area (Å²) in [6.07, 6.45) is 0.491. The van der Waals surface area contributed by atoms with Gasteiger partial charge in [0.15, 0.2) is 0 Å². The van der Waals surface area contributed by atoms with Gasteiger partial charge < -0.3 is 9.84 Å². The van der Waals surface area contributed by atoms with E-state index in [0.29, 0.717) is 18.6 Å². The fourth-order valence-electron chi connectivity index (χ4n) is 2.24. The van der Waals surface area contributed by atoms with E-state index >= 15 is 0 Å². The van der Waals surface area contributed by atoms with Crippen molar-refractivity contribution in [1.82, 2.24) is 0 Å². The molecule has 90 valence electrons. The highest BCUT2D eigenvalue weighted by atomic mass is 16.5. The van der Waals surface area contributed by atoms with Gasteiger partial charge in [-0.1, -0.05) is 31.2 Å². The van der Waals surface area contributed by atoms with Crippen LogP contribution >= 0.6 is 0 Å². The minimum Gasteiger partial charge on any atom is -0.511 e. The molecule has 1 aliphatic carbocycles. The molecule has 17 heavy (non-hydrogen) atoms. The average Bonchev–Trinajstić information content (AvgIpc) is 2.29. The van der Waals surface area contributed by atoms with Crippen molar-refractivity contribution >= 4 is 11.5 Å². The number of benzene rings is 1. The van der Waals surface area contributed by atoms with E-state index in [1.54, 1.807) is 6.92 Å². The molecule has 3 nitrogen and oxygen atoms in total. The summed E-state index contributed by atoms with van der Waals surface area (Å²) in [5, 5.41) is 9.96. The van der Waals surface area contributed by atoms with Crippen molar-refractivity contribution in [3.05, 3.63) is 41.2 Å². The molecule has 1 aromatic carbocycles. The molecule has 0 fully saturated rings. The molecule has 0 spiro atoms. The van der Waals surface area contributed by atoms with Gasteiger partial charge in [-0.15, -0.1) is 0 Å². The highest BCUT2D eigenvalue weighted by molar-refractivity contribution is 6.18. The number of carbonyl (C=O) groups excluding carboxylic acids is 1. The van der Waals surface area contributed by atoms with Gasteiger partial charge in [0.05, 0.1) is 6.61 Å². The molecule has 0 saturated carbocycles.